The van der Waals surface area contributed by atoms with Gasteiger partial charge in [-0.1, -0.05) is 30.3 Å². The first-order chi connectivity index (χ1) is 8.83. The van der Waals surface area contributed by atoms with Gasteiger partial charge in [0.25, 0.3) is 0 Å². The first-order valence-electron chi connectivity index (χ1n) is 6.12. The Kier molecular flexibility index (Phi) is 4.44. The summed E-state index contributed by atoms with van der Waals surface area (Å²) in [6.07, 6.45) is 2.68. The summed E-state index contributed by atoms with van der Waals surface area (Å²) in [4.78, 5) is 0. The predicted octanol–water partition coefficient (Wildman–Crippen LogP) is 1.69. The zero-order chi connectivity index (χ0) is 12.8. The molecule has 0 spiro atoms. The predicted molar refractivity (Wildman–Crippen MR) is 69.4 cm³/mol. The van der Waals surface area contributed by atoms with Crippen LogP contribution in [0.4, 0.5) is 0 Å². The Hall–Kier alpha value is -1.72. The molecular weight excluding hydrogens is 228 g/mol. The monoisotopic (exact) mass is 246 g/mol. The summed E-state index contributed by atoms with van der Waals surface area (Å²) in [6, 6.07) is 9.60. The SMILES string of the molecule is CCCOCC(N)c1cnnn1-c1ccccc1. The molecule has 0 saturated carbocycles. The van der Waals surface area contributed by atoms with Crippen LogP contribution in [0.3, 0.4) is 0 Å². The van der Waals surface area contributed by atoms with Gasteiger partial charge < -0.3 is 10.5 Å². The van der Waals surface area contributed by atoms with Gasteiger partial charge in [0.2, 0.25) is 0 Å². The molecule has 5 heteroatoms. The van der Waals surface area contributed by atoms with Crippen molar-refractivity contribution >= 4 is 0 Å². The van der Waals surface area contributed by atoms with Crippen molar-refractivity contribution in [3.05, 3.63) is 42.2 Å². The number of aromatic nitrogens is 3. The zero-order valence-corrected chi connectivity index (χ0v) is 10.5. The van der Waals surface area contributed by atoms with Gasteiger partial charge in [0, 0.05) is 6.61 Å². The molecule has 0 amide bonds. The quantitative estimate of drug-likeness (QED) is 0.788. The largest absolute Gasteiger partial charge is 0.379 e. The van der Waals surface area contributed by atoms with Crippen LogP contribution in [0.5, 0.6) is 0 Å². The zero-order valence-electron chi connectivity index (χ0n) is 10.5. The van der Waals surface area contributed by atoms with Crippen molar-refractivity contribution in [1.82, 2.24) is 15.0 Å². The lowest BCUT2D eigenvalue weighted by Gasteiger charge is -2.13. The highest BCUT2D eigenvalue weighted by Crippen LogP contribution is 2.14. The molecule has 1 unspecified atom stereocenters. The van der Waals surface area contributed by atoms with Gasteiger partial charge in [-0.05, 0) is 18.6 Å². The van der Waals surface area contributed by atoms with Crippen LogP contribution >= 0.6 is 0 Å². The second-order valence-corrected chi connectivity index (χ2v) is 4.09. The molecule has 0 fully saturated rings. The molecule has 96 valence electrons. The van der Waals surface area contributed by atoms with Gasteiger partial charge in [0.05, 0.1) is 30.2 Å². The number of nitrogens with two attached hydrogens (primary N) is 1. The van der Waals surface area contributed by atoms with Gasteiger partial charge in [-0.2, -0.15) is 0 Å². The molecule has 0 saturated heterocycles. The van der Waals surface area contributed by atoms with Crippen molar-refractivity contribution in [3.63, 3.8) is 0 Å². The molecule has 0 bridgehead atoms. The van der Waals surface area contributed by atoms with Gasteiger partial charge in [0.15, 0.2) is 0 Å². The summed E-state index contributed by atoms with van der Waals surface area (Å²) in [5.41, 5.74) is 7.91. The third kappa shape index (κ3) is 2.94. The molecular formula is C13H18N4O. The van der Waals surface area contributed by atoms with E-state index in [4.69, 9.17) is 10.5 Å². The van der Waals surface area contributed by atoms with Gasteiger partial charge in [-0.25, -0.2) is 4.68 Å². The Morgan fingerprint density at radius 3 is 2.83 bits per heavy atom. The first kappa shape index (κ1) is 12.7. The number of hydrogen-bond donors (Lipinski definition) is 1. The number of hydrogen-bond acceptors (Lipinski definition) is 4. The molecule has 18 heavy (non-hydrogen) atoms. The van der Waals surface area contributed by atoms with Crippen LogP contribution in [0.2, 0.25) is 0 Å². The van der Waals surface area contributed by atoms with E-state index in [-0.39, 0.29) is 6.04 Å². The van der Waals surface area contributed by atoms with Crippen molar-refractivity contribution in [3.8, 4) is 5.69 Å². The summed E-state index contributed by atoms with van der Waals surface area (Å²) in [7, 11) is 0. The maximum Gasteiger partial charge on any atom is 0.0836 e. The Labute approximate surface area is 107 Å². The first-order valence-corrected chi connectivity index (χ1v) is 6.12. The lowest BCUT2D eigenvalue weighted by atomic mass is 10.2. The van der Waals surface area contributed by atoms with Crippen molar-refractivity contribution < 1.29 is 4.74 Å². The topological polar surface area (TPSA) is 66.0 Å². The Balaban J connectivity index is 2.12. The number of benzene rings is 1. The molecule has 2 N–H and O–H groups in total. The van der Waals surface area contributed by atoms with Gasteiger partial charge in [-0.3, -0.25) is 0 Å². The summed E-state index contributed by atoms with van der Waals surface area (Å²) >= 11 is 0. The van der Waals surface area contributed by atoms with E-state index in [9.17, 15) is 0 Å². The fourth-order valence-electron chi connectivity index (χ4n) is 1.71. The number of nitrogens with zero attached hydrogens (tertiary/aromatic N) is 3. The third-order valence-corrected chi connectivity index (χ3v) is 2.60. The molecule has 0 aliphatic heterocycles. The fraction of sp³-hybridized carbons (Fsp3) is 0.385. The van der Waals surface area contributed by atoms with Crippen LogP contribution in [-0.2, 0) is 4.74 Å². The molecule has 1 heterocycles. The number of ether oxygens (including phenoxy) is 1. The third-order valence-electron chi connectivity index (χ3n) is 2.60. The minimum atomic E-state index is -0.216. The maximum atomic E-state index is 6.09. The van der Waals surface area contributed by atoms with Crippen LogP contribution < -0.4 is 5.73 Å². The molecule has 2 rings (SSSR count). The van der Waals surface area contributed by atoms with E-state index in [1.54, 1.807) is 10.9 Å². The van der Waals surface area contributed by atoms with Crippen LogP contribution in [0.15, 0.2) is 36.5 Å². The fourth-order valence-corrected chi connectivity index (χ4v) is 1.71. The summed E-state index contributed by atoms with van der Waals surface area (Å²) < 4.78 is 7.22. The lowest BCUT2D eigenvalue weighted by molar-refractivity contribution is 0.120. The van der Waals surface area contributed by atoms with E-state index >= 15 is 0 Å². The second kappa shape index (κ2) is 6.28. The van der Waals surface area contributed by atoms with Gasteiger partial charge in [-0.15, -0.1) is 5.10 Å². The van der Waals surface area contributed by atoms with E-state index in [0.29, 0.717) is 6.61 Å². The van der Waals surface area contributed by atoms with Crippen molar-refractivity contribution in [2.24, 2.45) is 5.73 Å². The number of para-hydroxylation sites is 1. The Morgan fingerprint density at radius 2 is 2.11 bits per heavy atom. The van der Waals surface area contributed by atoms with E-state index in [1.165, 1.54) is 0 Å². The molecule has 2 aromatic rings. The smallest absolute Gasteiger partial charge is 0.0836 e. The molecule has 1 aromatic heterocycles. The minimum absolute atomic E-state index is 0.216. The summed E-state index contributed by atoms with van der Waals surface area (Å²) in [5, 5.41) is 7.99. The molecule has 0 radical (unpaired) electrons. The Bertz CT molecular complexity index is 469. The average molecular weight is 246 g/mol. The molecule has 1 aromatic carbocycles. The van der Waals surface area contributed by atoms with E-state index in [1.807, 2.05) is 30.3 Å². The van der Waals surface area contributed by atoms with Crippen molar-refractivity contribution in [2.75, 3.05) is 13.2 Å². The molecule has 1 atom stereocenters. The number of rotatable bonds is 6. The normalized spacial score (nSPS) is 12.6. The summed E-state index contributed by atoms with van der Waals surface area (Å²) in [5.74, 6) is 0. The average Bonchev–Trinajstić information content (AvgIpc) is 2.89. The highest BCUT2D eigenvalue weighted by Gasteiger charge is 2.14. The van der Waals surface area contributed by atoms with Crippen LogP contribution in [0.1, 0.15) is 25.1 Å². The highest BCUT2D eigenvalue weighted by molar-refractivity contribution is 5.32. The van der Waals surface area contributed by atoms with Crippen LogP contribution in [0, 0.1) is 0 Å². The lowest BCUT2D eigenvalue weighted by Crippen LogP contribution is -2.21. The molecule has 0 aliphatic rings. The second-order valence-electron chi connectivity index (χ2n) is 4.09. The molecule has 0 aliphatic carbocycles. The standard InChI is InChI=1S/C13H18N4O/c1-2-8-18-10-12(14)13-9-15-16-17(13)11-6-4-3-5-7-11/h3-7,9,12H,2,8,10,14H2,1H3. The van der Waals surface area contributed by atoms with Crippen LogP contribution in [-0.4, -0.2) is 28.2 Å². The van der Waals surface area contributed by atoms with E-state index in [2.05, 4.69) is 17.2 Å². The van der Waals surface area contributed by atoms with Crippen LogP contribution in [0.25, 0.3) is 5.69 Å². The van der Waals surface area contributed by atoms with Gasteiger partial charge in [0.1, 0.15) is 0 Å². The highest BCUT2D eigenvalue weighted by atomic mass is 16.5. The van der Waals surface area contributed by atoms with Crippen molar-refractivity contribution in [1.29, 1.82) is 0 Å². The maximum absolute atomic E-state index is 6.09. The minimum Gasteiger partial charge on any atom is -0.379 e. The van der Waals surface area contributed by atoms with Gasteiger partial charge >= 0.3 is 0 Å². The molecule has 5 nitrogen and oxygen atoms in total. The Morgan fingerprint density at radius 1 is 1.33 bits per heavy atom. The summed E-state index contributed by atoms with van der Waals surface area (Å²) in [6.45, 7) is 3.27. The van der Waals surface area contributed by atoms with Crippen molar-refractivity contribution in [2.45, 2.75) is 19.4 Å². The van der Waals surface area contributed by atoms with E-state index < -0.39 is 0 Å². The van der Waals surface area contributed by atoms with E-state index in [0.717, 1.165) is 24.4 Å².